The summed E-state index contributed by atoms with van der Waals surface area (Å²) in [5, 5.41) is 2.43. The fourth-order valence-electron chi connectivity index (χ4n) is 3.38. The van der Waals surface area contributed by atoms with Crippen LogP contribution in [-0.2, 0) is 25.7 Å². The standard InChI is InChI=1S/C21H29N3O7S/c1-2-3-4-5-6-7-12-23-13-14-24(20(27)19(23)26)21(28)22-18(15-25)16-8-10-17(11-9-16)31-32(29)30/h8-11,15,18H,2-7,12-14H2,1H3,(H,22,28)(H,29,30). The number of unbranched alkanes of at least 4 members (excludes halogenated alkanes) is 5. The van der Waals surface area contributed by atoms with Gasteiger partial charge in [-0.15, -0.1) is 0 Å². The van der Waals surface area contributed by atoms with Crippen molar-refractivity contribution in [2.45, 2.75) is 51.5 Å². The third-order valence-electron chi connectivity index (χ3n) is 5.16. The Morgan fingerprint density at radius 1 is 1.12 bits per heavy atom. The molecule has 1 aromatic carbocycles. The first-order chi connectivity index (χ1) is 15.4. The summed E-state index contributed by atoms with van der Waals surface area (Å²) in [7, 11) is 0. The molecule has 176 valence electrons. The van der Waals surface area contributed by atoms with Crippen LogP contribution in [0.1, 0.15) is 57.1 Å². The van der Waals surface area contributed by atoms with Crippen molar-refractivity contribution in [3.63, 3.8) is 0 Å². The number of carbonyl (C=O) groups is 4. The van der Waals surface area contributed by atoms with E-state index in [0.29, 0.717) is 18.4 Å². The summed E-state index contributed by atoms with van der Waals surface area (Å²) in [6.07, 6.45) is 6.89. The molecule has 0 aliphatic carbocycles. The minimum Gasteiger partial charge on any atom is -0.380 e. The van der Waals surface area contributed by atoms with Gasteiger partial charge in [-0.1, -0.05) is 51.2 Å². The fourth-order valence-corrected chi connectivity index (χ4v) is 3.66. The second-order valence-electron chi connectivity index (χ2n) is 7.45. The Bertz CT molecular complexity index is 831. The number of piperazine rings is 1. The number of nitrogens with zero attached hydrogens (tertiary/aromatic N) is 2. The lowest BCUT2D eigenvalue weighted by Crippen LogP contribution is -2.58. The first-order valence-corrected chi connectivity index (χ1v) is 11.7. The zero-order valence-corrected chi connectivity index (χ0v) is 18.8. The molecule has 1 aliphatic rings. The molecular formula is C21H29N3O7S. The molecule has 0 radical (unpaired) electrons. The number of rotatable bonds is 12. The van der Waals surface area contributed by atoms with Crippen LogP contribution in [0.4, 0.5) is 4.79 Å². The molecule has 1 fully saturated rings. The molecule has 1 heterocycles. The first-order valence-electron chi connectivity index (χ1n) is 10.6. The van der Waals surface area contributed by atoms with E-state index >= 15 is 0 Å². The maximum atomic E-state index is 12.5. The highest BCUT2D eigenvalue weighted by atomic mass is 32.2. The summed E-state index contributed by atoms with van der Waals surface area (Å²) >= 11 is -2.48. The summed E-state index contributed by atoms with van der Waals surface area (Å²) in [6.45, 7) is 2.93. The van der Waals surface area contributed by atoms with Crippen LogP contribution in [0, 0.1) is 0 Å². The molecule has 1 aromatic rings. The van der Waals surface area contributed by atoms with Gasteiger partial charge in [0.15, 0.2) is 0 Å². The molecule has 10 nitrogen and oxygen atoms in total. The van der Waals surface area contributed by atoms with E-state index in [2.05, 4.69) is 16.4 Å². The number of carbonyl (C=O) groups excluding carboxylic acids is 4. The lowest BCUT2D eigenvalue weighted by Gasteiger charge is -2.33. The van der Waals surface area contributed by atoms with Gasteiger partial charge in [-0.05, 0) is 24.1 Å². The molecule has 1 aliphatic heterocycles. The Labute approximate surface area is 189 Å². The molecule has 0 aromatic heterocycles. The van der Waals surface area contributed by atoms with Crippen LogP contribution < -0.4 is 9.50 Å². The predicted octanol–water partition coefficient (Wildman–Crippen LogP) is 2.18. The van der Waals surface area contributed by atoms with Crippen molar-refractivity contribution in [3.05, 3.63) is 29.8 Å². The monoisotopic (exact) mass is 467 g/mol. The first kappa shape index (κ1) is 25.5. The average Bonchev–Trinajstić information content (AvgIpc) is 2.77. The molecule has 32 heavy (non-hydrogen) atoms. The summed E-state index contributed by atoms with van der Waals surface area (Å²) in [4.78, 5) is 51.1. The van der Waals surface area contributed by atoms with Gasteiger partial charge in [0.2, 0.25) is 0 Å². The topological polar surface area (TPSA) is 133 Å². The maximum Gasteiger partial charge on any atom is 0.357 e. The van der Waals surface area contributed by atoms with Crippen LogP contribution in [0.25, 0.3) is 0 Å². The van der Waals surface area contributed by atoms with Gasteiger partial charge < -0.3 is 19.2 Å². The van der Waals surface area contributed by atoms with Crippen LogP contribution in [0.5, 0.6) is 5.75 Å². The number of benzene rings is 1. The Balaban J connectivity index is 1.88. The summed E-state index contributed by atoms with van der Waals surface area (Å²) in [5.74, 6) is -1.53. The quantitative estimate of drug-likeness (QED) is 0.208. The predicted molar refractivity (Wildman–Crippen MR) is 117 cm³/mol. The van der Waals surface area contributed by atoms with E-state index in [1.807, 2.05) is 0 Å². The lowest BCUT2D eigenvalue weighted by molar-refractivity contribution is -0.153. The average molecular weight is 468 g/mol. The van der Waals surface area contributed by atoms with Crippen LogP contribution in [-0.4, -0.2) is 62.3 Å². The summed E-state index contributed by atoms with van der Waals surface area (Å²) in [6, 6.07) is 3.69. The third-order valence-corrected chi connectivity index (χ3v) is 5.49. The van der Waals surface area contributed by atoms with E-state index < -0.39 is 35.2 Å². The number of hydrogen-bond acceptors (Lipinski definition) is 6. The van der Waals surface area contributed by atoms with Crippen molar-refractivity contribution in [2.75, 3.05) is 19.6 Å². The summed E-state index contributed by atoms with van der Waals surface area (Å²) in [5.41, 5.74) is 0.380. The Hall–Kier alpha value is -2.79. The Kier molecular flexibility index (Phi) is 10.3. The van der Waals surface area contributed by atoms with Crippen LogP contribution in [0.3, 0.4) is 0 Å². The molecule has 4 amide bonds. The number of hydrogen-bond donors (Lipinski definition) is 2. The number of nitrogens with one attached hydrogen (secondary N) is 1. The third kappa shape index (κ3) is 7.41. The van der Waals surface area contributed by atoms with Gasteiger partial charge in [-0.25, -0.2) is 4.79 Å². The summed E-state index contributed by atoms with van der Waals surface area (Å²) < 4.78 is 24.0. The van der Waals surface area contributed by atoms with Crippen LogP contribution in [0.2, 0.25) is 0 Å². The fraction of sp³-hybridized carbons (Fsp3) is 0.524. The van der Waals surface area contributed by atoms with Crippen LogP contribution in [0.15, 0.2) is 24.3 Å². The molecule has 1 saturated heterocycles. The molecule has 0 bridgehead atoms. The largest absolute Gasteiger partial charge is 0.380 e. The zero-order valence-electron chi connectivity index (χ0n) is 18.0. The molecular weight excluding hydrogens is 438 g/mol. The van der Waals surface area contributed by atoms with Crippen molar-refractivity contribution in [3.8, 4) is 5.75 Å². The molecule has 0 saturated carbocycles. The molecule has 2 rings (SSSR count). The van der Waals surface area contributed by atoms with Crippen molar-refractivity contribution in [1.82, 2.24) is 15.1 Å². The second kappa shape index (κ2) is 12.9. The lowest BCUT2D eigenvalue weighted by atomic mass is 10.1. The van der Waals surface area contributed by atoms with E-state index in [1.54, 1.807) is 0 Å². The number of urea groups is 1. The van der Waals surface area contributed by atoms with Crippen molar-refractivity contribution >= 4 is 35.5 Å². The maximum absolute atomic E-state index is 12.5. The van der Waals surface area contributed by atoms with E-state index in [4.69, 9.17) is 4.55 Å². The van der Waals surface area contributed by atoms with Gasteiger partial charge in [0.1, 0.15) is 18.1 Å². The zero-order chi connectivity index (χ0) is 23.5. The number of aldehydes is 1. The van der Waals surface area contributed by atoms with Gasteiger partial charge in [-0.2, -0.15) is 4.21 Å². The molecule has 2 unspecified atom stereocenters. The molecule has 2 atom stereocenters. The van der Waals surface area contributed by atoms with Gasteiger partial charge in [0.25, 0.3) is 0 Å². The van der Waals surface area contributed by atoms with Crippen molar-refractivity contribution < 1.29 is 32.1 Å². The van der Waals surface area contributed by atoms with Gasteiger partial charge in [0, 0.05) is 19.6 Å². The number of imide groups is 1. The highest BCUT2D eigenvalue weighted by Gasteiger charge is 2.36. The highest BCUT2D eigenvalue weighted by Crippen LogP contribution is 2.18. The van der Waals surface area contributed by atoms with Crippen molar-refractivity contribution in [1.29, 1.82) is 0 Å². The van der Waals surface area contributed by atoms with E-state index in [9.17, 15) is 23.4 Å². The minimum atomic E-state index is -2.48. The molecule has 11 heteroatoms. The van der Waals surface area contributed by atoms with E-state index in [0.717, 1.165) is 37.0 Å². The van der Waals surface area contributed by atoms with Crippen LogP contribution >= 0.6 is 0 Å². The molecule has 0 spiro atoms. The van der Waals surface area contributed by atoms with Gasteiger partial charge >= 0.3 is 29.2 Å². The minimum absolute atomic E-state index is 0.0485. The smallest absolute Gasteiger partial charge is 0.357 e. The highest BCUT2D eigenvalue weighted by molar-refractivity contribution is 7.74. The Morgan fingerprint density at radius 2 is 1.78 bits per heavy atom. The number of amides is 4. The normalized spacial score (nSPS) is 15.9. The Morgan fingerprint density at radius 3 is 2.41 bits per heavy atom. The SMILES string of the molecule is CCCCCCCCN1CCN(C(=O)NC(C=O)c2ccc(OS(=O)O)cc2)C(=O)C1=O. The molecule has 2 N–H and O–H groups in total. The van der Waals surface area contributed by atoms with E-state index in [-0.39, 0.29) is 18.8 Å². The van der Waals surface area contributed by atoms with Gasteiger partial charge in [0.05, 0.1) is 0 Å². The van der Waals surface area contributed by atoms with Crippen molar-refractivity contribution in [2.24, 2.45) is 0 Å². The van der Waals surface area contributed by atoms with E-state index in [1.165, 1.54) is 35.6 Å². The second-order valence-corrected chi connectivity index (χ2v) is 8.05. The van der Waals surface area contributed by atoms with Gasteiger partial charge in [-0.3, -0.25) is 19.0 Å².